The van der Waals surface area contributed by atoms with Crippen LogP contribution in [0.5, 0.6) is 0 Å². The van der Waals surface area contributed by atoms with Crippen LogP contribution in [0.2, 0.25) is 0 Å². The Balaban J connectivity index is 1.87. The maximum atomic E-state index is 5.56. The van der Waals surface area contributed by atoms with Gasteiger partial charge in [0.15, 0.2) is 0 Å². The van der Waals surface area contributed by atoms with Crippen molar-refractivity contribution in [2.75, 3.05) is 30.7 Å². The summed E-state index contributed by atoms with van der Waals surface area (Å²) < 4.78 is 4.04. The van der Waals surface area contributed by atoms with Crippen molar-refractivity contribution in [1.82, 2.24) is 9.27 Å². The van der Waals surface area contributed by atoms with E-state index in [-0.39, 0.29) is 0 Å². The maximum absolute atomic E-state index is 5.56. The van der Waals surface area contributed by atoms with E-state index in [1.54, 1.807) is 0 Å². The lowest BCUT2D eigenvalue weighted by Gasteiger charge is -2.13. The lowest BCUT2D eigenvalue weighted by Crippen LogP contribution is -2.25. The van der Waals surface area contributed by atoms with Crippen molar-refractivity contribution in [3.05, 3.63) is 6.07 Å². The van der Waals surface area contributed by atoms with Crippen LogP contribution in [0.3, 0.4) is 0 Å². The summed E-state index contributed by atoms with van der Waals surface area (Å²) in [7, 11) is 0. The van der Waals surface area contributed by atoms with E-state index in [0.29, 0.717) is 11.9 Å². The lowest BCUT2D eigenvalue weighted by molar-refractivity contribution is 0.356. The highest BCUT2D eigenvalue weighted by atomic mass is 32.1. The van der Waals surface area contributed by atoms with E-state index in [2.05, 4.69) is 21.5 Å². The zero-order chi connectivity index (χ0) is 9.97. The zero-order valence-electron chi connectivity index (χ0n) is 8.36. The fourth-order valence-corrected chi connectivity index (χ4v) is 2.45. The number of nitrogen functional groups attached to an aromatic ring is 1. The van der Waals surface area contributed by atoms with Crippen LogP contribution in [-0.4, -0.2) is 34.9 Å². The molecule has 2 rings (SSSR count). The topological polar surface area (TPSA) is 54.2 Å². The third-order valence-corrected chi connectivity index (χ3v) is 3.33. The second-order valence-electron chi connectivity index (χ2n) is 3.64. The molecule has 14 heavy (non-hydrogen) atoms. The third kappa shape index (κ3) is 2.16. The molecule has 0 saturated carbocycles. The highest BCUT2D eigenvalue weighted by Gasteiger charge is 2.21. The van der Waals surface area contributed by atoms with Gasteiger partial charge in [-0.15, -0.1) is 0 Å². The molecule has 1 saturated heterocycles. The first-order valence-electron chi connectivity index (χ1n) is 4.99. The Kier molecular flexibility index (Phi) is 2.88. The van der Waals surface area contributed by atoms with Gasteiger partial charge in [-0.1, -0.05) is 6.92 Å². The standard InChI is InChI=1S/C9H16N4S/c1-2-13-4-3-7(6-13)11-9-5-8(10)12-14-9/h5,7,11H,2-4,6H2,1H3,(H2,10,12). The molecule has 3 N–H and O–H groups in total. The molecule has 78 valence electrons. The number of nitrogens with two attached hydrogens (primary N) is 1. The van der Waals surface area contributed by atoms with Crippen molar-refractivity contribution < 1.29 is 0 Å². The molecule has 1 fully saturated rings. The van der Waals surface area contributed by atoms with Gasteiger partial charge >= 0.3 is 0 Å². The van der Waals surface area contributed by atoms with Crippen LogP contribution >= 0.6 is 11.5 Å². The van der Waals surface area contributed by atoms with Crippen molar-refractivity contribution in [2.24, 2.45) is 0 Å². The van der Waals surface area contributed by atoms with Crippen LogP contribution in [-0.2, 0) is 0 Å². The van der Waals surface area contributed by atoms with Crippen LogP contribution in [0.1, 0.15) is 13.3 Å². The minimum Gasteiger partial charge on any atom is -0.383 e. The summed E-state index contributed by atoms with van der Waals surface area (Å²) in [4.78, 5) is 2.45. The molecule has 0 spiro atoms. The second kappa shape index (κ2) is 4.14. The normalized spacial score (nSPS) is 22.8. The van der Waals surface area contributed by atoms with Gasteiger partial charge in [-0.05, 0) is 24.5 Å². The first-order chi connectivity index (χ1) is 6.78. The monoisotopic (exact) mass is 212 g/mol. The summed E-state index contributed by atoms with van der Waals surface area (Å²) in [5, 5.41) is 4.55. The second-order valence-corrected chi connectivity index (χ2v) is 4.44. The molecule has 0 amide bonds. The van der Waals surface area contributed by atoms with E-state index >= 15 is 0 Å². The average Bonchev–Trinajstić information content (AvgIpc) is 2.76. The summed E-state index contributed by atoms with van der Waals surface area (Å²) in [6, 6.07) is 2.47. The Labute approximate surface area is 88.3 Å². The maximum Gasteiger partial charge on any atom is 0.139 e. The highest BCUT2D eigenvalue weighted by molar-refractivity contribution is 7.10. The molecular formula is C9H16N4S. The van der Waals surface area contributed by atoms with Crippen molar-refractivity contribution in [3.8, 4) is 0 Å². The van der Waals surface area contributed by atoms with E-state index < -0.39 is 0 Å². The number of hydrogen-bond acceptors (Lipinski definition) is 5. The number of hydrogen-bond donors (Lipinski definition) is 2. The molecule has 1 aliphatic rings. The minimum atomic E-state index is 0.565. The molecule has 0 aromatic carbocycles. The smallest absolute Gasteiger partial charge is 0.139 e. The van der Waals surface area contributed by atoms with Gasteiger partial charge in [-0.25, -0.2) is 0 Å². The molecular weight excluding hydrogens is 196 g/mol. The molecule has 0 radical (unpaired) electrons. The molecule has 1 atom stereocenters. The molecule has 4 nitrogen and oxygen atoms in total. The van der Waals surface area contributed by atoms with Crippen LogP contribution in [0.4, 0.5) is 10.8 Å². The average molecular weight is 212 g/mol. The Morgan fingerprint density at radius 1 is 1.79 bits per heavy atom. The van der Waals surface area contributed by atoms with Crippen molar-refractivity contribution in [1.29, 1.82) is 0 Å². The predicted molar refractivity (Wildman–Crippen MR) is 60.7 cm³/mol. The summed E-state index contributed by atoms with van der Waals surface area (Å²) in [6.45, 7) is 5.67. The summed E-state index contributed by atoms with van der Waals surface area (Å²) in [6.07, 6.45) is 1.21. The van der Waals surface area contributed by atoms with E-state index in [0.717, 1.165) is 18.1 Å². The van der Waals surface area contributed by atoms with Gasteiger partial charge in [0, 0.05) is 25.2 Å². The Morgan fingerprint density at radius 3 is 3.21 bits per heavy atom. The predicted octanol–water partition coefficient (Wildman–Crippen LogP) is 1.23. The zero-order valence-corrected chi connectivity index (χ0v) is 9.18. The number of anilines is 2. The molecule has 1 aromatic rings. The molecule has 1 aliphatic heterocycles. The van der Waals surface area contributed by atoms with Gasteiger partial charge < -0.3 is 16.0 Å². The number of nitrogens with one attached hydrogen (secondary N) is 1. The first-order valence-corrected chi connectivity index (χ1v) is 5.76. The number of likely N-dealkylation sites (N-methyl/N-ethyl adjacent to an activating group) is 1. The highest BCUT2D eigenvalue weighted by Crippen LogP contribution is 2.21. The van der Waals surface area contributed by atoms with Crippen LogP contribution in [0.15, 0.2) is 6.07 Å². The molecule has 5 heteroatoms. The van der Waals surface area contributed by atoms with E-state index in [1.165, 1.54) is 24.5 Å². The van der Waals surface area contributed by atoms with Gasteiger partial charge in [-0.2, -0.15) is 4.37 Å². The third-order valence-electron chi connectivity index (χ3n) is 2.59. The van der Waals surface area contributed by atoms with Crippen molar-refractivity contribution >= 4 is 22.4 Å². The van der Waals surface area contributed by atoms with E-state index in [1.807, 2.05) is 6.07 Å². The van der Waals surface area contributed by atoms with E-state index in [9.17, 15) is 0 Å². The largest absolute Gasteiger partial charge is 0.383 e. The van der Waals surface area contributed by atoms with Crippen LogP contribution in [0.25, 0.3) is 0 Å². The van der Waals surface area contributed by atoms with Gasteiger partial charge in [0.1, 0.15) is 10.8 Å². The lowest BCUT2D eigenvalue weighted by atomic mass is 10.3. The number of likely N-dealkylation sites (tertiary alicyclic amines) is 1. The molecule has 1 aromatic heterocycles. The fraction of sp³-hybridized carbons (Fsp3) is 0.667. The molecule has 0 aliphatic carbocycles. The SMILES string of the molecule is CCN1CCC(Nc2cc(N)ns2)C1. The molecule has 0 bridgehead atoms. The number of nitrogens with zero attached hydrogens (tertiary/aromatic N) is 2. The number of rotatable bonds is 3. The quantitative estimate of drug-likeness (QED) is 0.791. The Hall–Kier alpha value is -0.810. The van der Waals surface area contributed by atoms with Gasteiger partial charge in [-0.3, -0.25) is 0 Å². The van der Waals surface area contributed by atoms with Gasteiger partial charge in [0.25, 0.3) is 0 Å². The molecule has 1 unspecified atom stereocenters. The molecule has 2 heterocycles. The fourth-order valence-electron chi connectivity index (χ4n) is 1.80. The Morgan fingerprint density at radius 2 is 2.64 bits per heavy atom. The van der Waals surface area contributed by atoms with Crippen LogP contribution in [0, 0.1) is 0 Å². The first kappa shape index (κ1) is 9.73. The van der Waals surface area contributed by atoms with Gasteiger partial charge in [0.2, 0.25) is 0 Å². The van der Waals surface area contributed by atoms with Gasteiger partial charge in [0.05, 0.1) is 0 Å². The summed E-state index contributed by atoms with van der Waals surface area (Å²) >= 11 is 1.44. The van der Waals surface area contributed by atoms with Crippen molar-refractivity contribution in [3.63, 3.8) is 0 Å². The summed E-state index contributed by atoms with van der Waals surface area (Å²) in [5.74, 6) is 0.614. The summed E-state index contributed by atoms with van der Waals surface area (Å²) in [5.41, 5.74) is 5.56. The minimum absolute atomic E-state index is 0.565. The Bertz CT molecular complexity index is 299. The van der Waals surface area contributed by atoms with Crippen LogP contribution < -0.4 is 11.1 Å². The number of aromatic nitrogens is 1. The van der Waals surface area contributed by atoms with E-state index in [4.69, 9.17) is 5.73 Å². The van der Waals surface area contributed by atoms with Crippen molar-refractivity contribution in [2.45, 2.75) is 19.4 Å².